The number of carbonyl (C=O) groups excluding carboxylic acids is 2. The van der Waals surface area contributed by atoms with Crippen molar-refractivity contribution in [1.29, 1.82) is 5.26 Å². The molecule has 0 aromatic heterocycles. The topological polar surface area (TPSA) is 105 Å². The van der Waals surface area contributed by atoms with E-state index in [-0.39, 0.29) is 5.57 Å². The van der Waals surface area contributed by atoms with Gasteiger partial charge in [-0.3, -0.25) is 10.1 Å². The summed E-state index contributed by atoms with van der Waals surface area (Å²) in [5, 5.41) is 11.0. The molecule has 0 saturated carbocycles. The fourth-order valence-corrected chi connectivity index (χ4v) is 2.73. The van der Waals surface area contributed by atoms with Gasteiger partial charge in [0.2, 0.25) is 0 Å². The lowest BCUT2D eigenvalue weighted by Crippen LogP contribution is -2.35. The lowest BCUT2D eigenvalue weighted by molar-refractivity contribution is -0.115. The van der Waals surface area contributed by atoms with Crippen molar-refractivity contribution < 1.29 is 14.3 Å². The van der Waals surface area contributed by atoms with Crippen LogP contribution in [0.25, 0.3) is 6.08 Å². The van der Waals surface area contributed by atoms with Gasteiger partial charge in [-0.25, -0.2) is 4.79 Å². The van der Waals surface area contributed by atoms with E-state index in [0.717, 1.165) is 13.6 Å². The van der Waals surface area contributed by atoms with Gasteiger partial charge in [-0.2, -0.15) is 5.26 Å². The molecule has 8 heteroatoms. The number of hydrogen-bond donors (Lipinski definition) is 2. The van der Waals surface area contributed by atoms with E-state index in [1.165, 1.54) is 6.08 Å². The second-order valence-electron chi connectivity index (χ2n) is 5.09. The lowest BCUT2D eigenvalue weighted by atomic mass is 10.1. The van der Waals surface area contributed by atoms with Crippen LogP contribution in [0.1, 0.15) is 11.1 Å². The third-order valence-corrected chi connectivity index (χ3v) is 4.39. The highest BCUT2D eigenvalue weighted by atomic mass is 127. The first-order valence-electron chi connectivity index (χ1n) is 7.28. The Balaban J connectivity index is 2.27. The van der Waals surface area contributed by atoms with E-state index in [9.17, 15) is 14.9 Å². The molecule has 0 radical (unpaired) electrons. The first-order chi connectivity index (χ1) is 12.4. The van der Waals surface area contributed by atoms with Crippen LogP contribution in [0.2, 0.25) is 0 Å². The number of hydrogen-bond acceptors (Lipinski definition) is 4. The third kappa shape index (κ3) is 5.86. The van der Waals surface area contributed by atoms with Crippen molar-refractivity contribution in [2.24, 2.45) is 5.73 Å². The van der Waals surface area contributed by atoms with E-state index in [1.807, 2.05) is 29.6 Å². The standard InChI is InChI=1S/C18H13BrIN3O3/c19-14-3-6-16(26-10-11-1-4-15(20)5-2-11)12(8-14)7-13(9-21)17(24)23-18(22)25/h1-8H,10H2,(H3,22,23,24,25)/b13-7-. The van der Waals surface area contributed by atoms with Crippen molar-refractivity contribution in [3.63, 3.8) is 0 Å². The summed E-state index contributed by atoms with van der Waals surface area (Å²) in [4.78, 5) is 22.6. The number of rotatable bonds is 5. The summed E-state index contributed by atoms with van der Waals surface area (Å²) in [6, 6.07) is 13.8. The third-order valence-electron chi connectivity index (χ3n) is 3.18. The summed E-state index contributed by atoms with van der Waals surface area (Å²) in [6.07, 6.45) is 1.34. The Bertz CT molecular complexity index is 905. The van der Waals surface area contributed by atoms with Gasteiger partial charge in [-0.05, 0) is 64.6 Å². The van der Waals surface area contributed by atoms with Gasteiger partial charge >= 0.3 is 6.03 Å². The Labute approximate surface area is 172 Å². The molecule has 132 valence electrons. The zero-order chi connectivity index (χ0) is 19.1. The predicted octanol–water partition coefficient (Wildman–Crippen LogP) is 3.73. The smallest absolute Gasteiger partial charge is 0.319 e. The first kappa shape index (κ1) is 19.9. The monoisotopic (exact) mass is 525 g/mol. The molecule has 0 heterocycles. The Kier molecular flexibility index (Phi) is 7.17. The van der Waals surface area contributed by atoms with E-state index in [2.05, 4.69) is 38.5 Å². The Hall–Kier alpha value is -2.38. The number of nitrogens with zero attached hydrogens (tertiary/aromatic N) is 1. The van der Waals surface area contributed by atoms with Crippen LogP contribution in [0.5, 0.6) is 5.75 Å². The Morgan fingerprint density at radius 1 is 1.27 bits per heavy atom. The molecule has 6 nitrogen and oxygen atoms in total. The normalized spacial score (nSPS) is 10.7. The van der Waals surface area contributed by atoms with Gasteiger partial charge in [-0.15, -0.1) is 0 Å². The fraction of sp³-hybridized carbons (Fsp3) is 0.0556. The molecule has 2 aromatic rings. The van der Waals surface area contributed by atoms with Crippen LogP contribution in [0.15, 0.2) is 52.5 Å². The zero-order valence-corrected chi connectivity index (χ0v) is 17.1. The lowest BCUT2D eigenvalue weighted by Gasteiger charge is -2.10. The maximum Gasteiger partial charge on any atom is 0.319 e. The highest BCUT2D eigenvalue weighted by molar-refractivity contribution is 14.1. The SMILES string of the molecule is N#C/C(=C/c1cc(Br)ccc1OCc1ccc(I)cc1)C(=O)NC(N)=O. The zero-order valence-electron chi connectivity index (χ0n) is 13.3. The van der Waals surface area contributed by atoms with Crippen molar-refractivity contribution in [3.8, 4) is 11.8 Å². The van der Waals surface area contributed by atoms with Crippen molar-refractivity contribution >= 4 is 56.5 Å². The largest absolute Gasteiger partial charge is 0.488 e. The number of primary amides is 1. The number of nitrogens with two attached hydrogens (primary N) is 1. The molecule has 0 fully saturated rings. The van der Waals surface area contributed by atoms with Crippen molar-refractivity contribution in [1.82, 2.24) is 5.32 Å². The van der Waals surface area contributed by atoms with E-state index in [1.54, 1.807) is 24.3 Å². The van der Waals surface area contributed by atoms with E-state index < -0.39 is 11.9 Å². The molecule has 2 rings (SSSR count). The van der Waals surface area contributed by atoms with Crippen LogP contribution < -0.4 is 15.8 Å². The van der Waals surface area contributed by atoms with Crippen LogP contribution in [-0.4, -0.2) is 11.9 Å². The number of amides is 3. The summed E-state index contributed by atoms with van der Waals surface area (Å²) in [6.45, 7) is 0.328. The molecule has 3 amide bonds. The molecule has 0 aliphatic rings. The number of urea groups is 1. The Morgan fingerprint density at radius 3 is 2.58 bits per heavy atom. The average molecular weight is 526 g/mol. The summed E-state index contributed by atoms with van der Waals surface area (Å²) in [5.41, 5.74) is 6.15. The molecule has 0 spiro atoms. The highest BCUT2D eigenvalue weighted by Gasteiger charge is 2.13. The van der Waals surface area contributed by atoms with Gasteiger partial charge < -0.3 is 10.5 Å². The highest BCUT2D eigenvalue weighted by Crippen LogP contribution is 2.26. The van der Waals surface area contributed by atoms with Gasteiger partial charge in [0.25, 0.3) is 5.91 Å². The minimum atomic E-state index is -1.03. The van der Waals surface area contributed by atoms with Gasteiger partial charge in [0.05, 0.1) is 0 Å². The van der Waals surface area contributed by atoms with Crippen LogP contribution in [-0.2, 0) is 11.4 Å². The van der Waals surface area contributed by atoms with Crippen molar-refractivity contribution in [3.05, 3.63) is 67.2 Å². The second-order valence-corrected chi connectivity index (χ2v) is 7.25. The molecule has 2 aromatic carbocycles. The van der Waals surface area contributed by atoms with E-state index >= 15 is 0 Å². The molecule has 0 bridgehead atoms. The maximum atomic E-state index is 11.8. The van der Waals surface area contributed by atoms with Crippen molar-refractivity contribution in [2.75, 3.05) is 0 Å². The fourth-order valence-electron chi connectivity index (χ4n) is 1.99. The number of carbonyl (C=O) groups is 2. The maximum absolute atomic E-state index is 11.8. The summed E-state index contributed by atoms with van der Waals surface area (Å²) in [5.74, 6) is -0.380. The van der Waals surface area contributed by atoms with Crippen molar-refractivity contribution in [2.45, 2.75) is 6.61 Å². The molecule has 0 aliphatic carbocycles. The quantitative estimate of drug-likeness (QED) is 0.352. The number of halogens is 2. The number of nitrogens with one attached hydrogen (secondary N) is 1. The van der Waals surface area contributed by atoms with Crippen LogP contribution >= 0.6 is 38.5 Å². The second kappa shape index (κ2) is 9.35. The molecule has 0 saturated heterocycles. The van der Waals surface area contributed by atoms with Gasteiger partial charge in [0.15, 0.2) is 0 Å². The summed E-state index contributed by atoms with van der Waals surface area (Å²) >= 11 is 5.57. The van der Waals surface area contributed by atoms with Crippen LogP contribution in [0, 0.1) is 14.9 Å². The predicted molar refractivity (Wildman–Crippen MR) is 109 cm³/mol. The Morgan fingerprint density at radius 2 is 1.96 bits per heavy atom. The van der Waals surface area contributed by atoms with Crippen LogP contribution in [0.3, 0.4) is 0 Å². The summed E-state index contributed by atoms with van der Waals surface area (Å²) in [7, 11) is 0. The summed E-state index contributed by atoms with van der Waals surface area (Å²) < 4.78 is 7.69. The number of benzene rings is 2. The van der Waals surface area contributed by atoms with Gasteiger partial charge in [0, 0.05) is 13.6 Å². The van der Waals surface area contributed by atoms with E-state index in [4.69, 9.17) is 10.5 Å². The molecule has 0 atom stereocenters. The molecule has 0 aliphatic heterocycles. The van der Waals surface area contributed by atoms with Crippen LogP contribution in [0.4, 0.5) is 4.79 Å². The minimum absolute atomic E-state index is 0.263. The number of nitriles is 1. The average Bonchev–Trinajstić information content (AvgIpc) is 2.59. The molecule has 3 N–H and O–H groups in total. The van der Waals surface area contributed by atoms with E-state index in [0.29, 0.717) is 17.9 Å². The number of ether oxygens (including phenoxy) is 1. The number of imide groups is 1. The van der Waals surface area contributed by atoms with Gasteiger partial charge in [0.1, 0.15) is 24.0 Å². The minimum Gasteiger partial charge on any atom is -0.488 e. The molecule has 26 heavy (non-hydrogen) atoms. The molecular formula is C18H13BrIN3O3. The molecule has 0 unspecified atom stereocenters. The van der Waals surface area contributed by atoms with Gasteiger partial charge in [-0.1, -0.05) is 28.1 Å². The first-order valence-corrected chi connectivity index (χ1v) is 9.15. The molecular weight excluding hydrogens is 513 g/mol.